The summed E-state index contributed by atoms with van der Waals surface area (Å²) in [5.41, 5.74) is 0.656. The summed E-state index contributed by atoms with van der Waals surface area (Å²) < 4.78 is 27.0. The van der Waals surface area contributed by atoms with E-state index in [1.54, 1.807) is 13.2 Å². The number of H-pyrrole nitrogens is 1. The number of sulfonamides is 1. The van der Waals surface area contributed by atoms with Crippen molar-refractivity contribution in [2.24, 2.45) is 0 Å². The van der Waals surface area contributed by atoms with Gasteiger partial charge in [0.05, 0.1) is 6.20 Å². The predicted molar refractivity (Wildman–Crippen MR) is 78.9 cm³/mol. The Morgan fingerprint density at radius 2 is 2.10 bits per heavy atom. The standard InChI is InChI=1S/C12H25N5O2S/c1-6-17(10(2)9-16(4)5)20(18,19)12-11(7-13-3)8-14-15-12/h8,10,13H,6-7,9H2,1-5H3,(H,14,15). The molecule has 7 nitrogen and oxygen atoms in total. The van der Waals surface area contributed by atoms with Crippen LogP contribution >= 0.6 is 0 Å². The first-order valence-electron chi connectivity index (χ1n) is 6.68. The molecule has 1 atom stereocenters. The van der Waals surface area contributed by atoms with Crippen molar-refractivity contribution in [3.63, 3.8) is 0 Å². The van der Waals surface area contributed by atoms with Crippen molar-refractivity contribution in [3.8, 4) is 0 Å². The van der Waals surface area contributed by atoms with Crippen molar-refractivity contribution in [2.75, 3.05) is 34.2 Å². The van der Waals surface area contributed by atoms with Gasteiger partial charge in [-0.25, -0.2) is 8.42 Å². The zero-order valence-corrected chi connectivity index (χ0v) is 13.7. The van der Waals surface area contributed by atoms with E-state index < -0.39 is 10.0 Å². The maximum Gasteiger partial charge on any atom is 0.260 e. The van der Waals surface area contributed by atoms with Gasteiger partial charge in [0, 0.05) is 31.2 Å². The van der Waals surface area contributed by atoms with Crippen LogP contribution in [0.1, 0.15) is 19.4 Å². The summed E-state index contributed by atoms with van der Waals surface area (Å²) in [7, 11) is 2.08. The molecule has 8 heteroatoms. The lowest BCUT2D eigenvalue weighted by Gasteiger charge is -2.28. The summed E-state index contributed by atoms with van der Waals surface area (Å²) in [6, 6.07) is -0.106. The third-order valence-electron chi connectivity index (χ3n) is 3.04. The molecule has 0 aromatic carbocycles. The molecule has 0 aliphatic carbocycles. The van der Waals surface area contributed by atoms with Crippen LogP contribution in [-0.4, -0.2) is 68.1 Å². The Kier molecular flexibility index (Phi) is 6.12. The van der Waals surface area contributed by atoms with Crippen molar-refractivity contribution < 1.29 is 8.42 Å². The highest BCUT2D eigenvalue weighted by Crippen LogP contribution is 2.19. The maximum atomic E-state index is 12.8. The van der Waals surface area contributed by atoms with Gasteiger partial charge in [-0.3, -0.25) is 5.10 Å². The van der Waals surface area contributed by atoms with Crippen molar-refractivity contribution in [3.05, 3.63) is 11.8 Å². The van der Waals surface area contributed by atoms with E-state index >= 15 is 0 Å². The highest BCUT2D eigenvalue weighted by atomic mass is 32.2. The number of nitrogens with one attached hydrogen (secondary N) is 2. The topological polar surface area (TPSA) is 81.3 Å². The highest BCUT2D eigenvalue weighted by Gasteiger charge is 2.31. The van der Waals surface area contributed by atoms with Crippen molar-refractivity contribution >= 4 is 10.0 Å². The molecule has 1 rings (SSSR count). The van der Waals surface area contributed by atoms with Crippen molar-refractivity contribution in [1.82, 2.24) is 24.7 Å². The molecule has 1 aromatic rings. The minimum absolute atomic E-state index is 0.106. The quantitative estimate of drug-likeness (QED) is 0.711. The van der Waals surface area contributed by atoms with Crippen LogP contribution in [0, 0.1) is 0 Å². The average molecular weight is 303 g/mol. The lowest BCUT2D eigenvalue weighted by molar-refractivity contribution is 0.270. The Morgan fingerprint density at radius 3 is 2.60 bits per heavy atom. The minimum atomic E-state index is -3.56. The number of hydrogen-bond acceptors (Lipinski definition) is 5. The Labute approximate surface area is 121 Å². The van der Waals surface area contributed by atoms with Crippen LogP contribution in [0.4, 0.5) is 0 Å². The fraction of sp³-hybridized carbons (Fsp3) is 0.750. The third kappa shape index (κ3) is 3.78. The number of aromatic amines is 1. The summed E-state index contributed by atoms with van der Waals surface area (Å²) in [6.45, 7) is 5.32. The van der Waals surface area contributed by atoms with Gasteiger partial charge in [0.1, 0.15) is 0 Å². The van der Waals surface area contributed by atoms with Crippen molar-refractivity contribution in [1.29, 1.82) is 0 Å². The minimum Gasteiger partial charge on any atom is -0.316 e. The monoisotopic (exact) mass is 303 g/mol. The van der Waals surface area contributed by atoms with Crippen LogP contribution in [0.25, 0.3) is 0 Å². The molecule has 2 N–H and O–H groups in total. The Bertz CT molecular complexity index is 512. The lowest BCUT2D eigenvalue weighted by atomic mass is 10.3. The smallest absolute Gasteiger partial charge is 0.260 e. The fourth-order valence-corrected chi connectivity index (χ4v) is 4.03. The molecular formula is C12H25N5O2S. The molecule has 0 radical (unpaired) electrons. The molecule has 1 aromatic heterocycles. The van der Waals surface area contributed by atoms with E-state index in [-0.39, 0.29) is 11.1 Å². The molecule has 0 fully saturated rings. The van der Waals surface area contributed by atoms with E-state index in [4.69, 9.17) is 0 Å². The zero-order valence-electron chi connectivity index (χ0n) is 12.8. The Hall–Kier alpha value is -0.960. The van der Waals surface area contributed by atoms with E-state index in [0.717, 1.165) is 0 Å². The molecule has 116 valence electrons. The van der Waals surface area contributed by atoms with Crippen LogP contribution in [-0.2, 0) is 16.6 Å². The molecule has 0 aliphatic rings. The van der Waals surface area contributed by atoms with Gasteiger partial charge >= 0.3 is 0 Å². The van der Waals surface area contributed by atoms with E-state index in [9.17, 15) is 8.42 Å². The van der Waals surface area contributed by atoms with Crippen LogP contribution in [0.3, 0.4) is 0 Å². The van der Waals surface area contributed by atoms with Crippen LogP contribution in [0.2, 0.25) is 0 Å². The van der Waals surface area contributed by atoms with E-state index in [1.165, 1.54) is 4.31 Å². The number of rotatable bonds is 8. The summed E-state index contributed by atoms with van der Waals surface area (Å²) in [6.07, 6.45) is 1.55. The lowest BCUT2D eigenvalue weighted by Crippen LogP contribution is -2.44. The first-order valence-corrected chi connectivity index (χ1v) is 8.12. The second kappa shape index (κ2) is 7.16. The van der Waals surface area contributed by atoms with Gasteiger partial charge < -0.3 is 10.2 Å². The third-order valence-corrected chi connectivity index (χ3v) is 5.15. The van der Waals surface area contributed by atoms with Crippen LogP contribution in [0.15, 0.2) is 11.2 Å². The Balaban J connectivity index is 3.08. The molecule has 0 saturated heterocycles. The second-order valence-corrected chi connectivity index (χ2v) is 6.90. The predicted octanol–water partition coefficient (Wildman–Crippen LogP) is 0.0898. The highest BCUT2D eigenvalue weighted by molar-refractivity contribution is 7.89. The van der Waals surface area contributed by atoms with Gasteiger partial charge in [-0.2, -0.15) is 9.40 Å². The molecule has 0 saturated carbocycles. The van der Waals surface area contributed by atoms with Gasteiger partial charge in [0.15, 0.2) is 5.03 Å². The molecule has 20 heavy (non-hydrogen) atoms. The van der Waals surface area contributed by atoms with Gasteiger partial charge in [0.2, 0.25) is 0 Å². The molecule has 0 bridgehead atoms. The van der Waals surface area contributed by atoms with Gasteiger partial charge in [-0.15, -0.1) is 0 Å². The first-order chi connectivity index (χ1) is 9.34. The largest absolute Gasteiger partial charge is 0.316 e. The van der Waals surface area contributed by atoms with E-state index in [1.807, 2.05) is 32.8 Å². The summed E-state index contributed by atoms with van der Waals surface area (Å²) in [5, 5.41) is 9.61. The van der Waals surface area contributed by atoms with Crippen molar-refractivity contribution in [2.45, 2.75) is 31.5 Å². The number of likely N-dealkylation sites (N-methyl/N-ethyl adjacent to an activating group) is 2. The number of aromatic nitrogens is 2. The zero-order chi connectivity index (χ0) is 15.3. The van der Waals surface area contributed by atoms with E-state index in [0.29, 0.717) is 25.2 Å². The molecule has 1 heterocycles. The van der Waals surface area contributed by atoms with E-state index in [2.05, 4.69) is 15.5 Å². The summed E-state index contributed by atoms with van der Waals surface area (Å²) >= 11 is 0. The SMILES string of the molecule is CCN(C(C)CN(C)C)S(=O)(=O)c1[nH]ncc1CNC. The van der Waals surface area contributed by atoms with Crippen LogP contribution in [0.5, 0.6) is 0 Å². The molecule has 0 spiro atoms. The van der Waals surface area contributed by atoms with Gasteiger partial charge in [-0.05, 0) is 28.1 Å². The number of hydrogen-bond donors (Lipinski definition) is 2. The summed E-state index contributed by atoms with van der Waals surface area (Å²) in [4.78, 5) is 1.98. The average Bonchev–Trinajstić information content (AvgIpc) is 2.77. The second-order valence-electron chi connectivity index (χ2n) is 5.07. The molecule has 1 unspecified atom stereocenters. The number of nitrogens with zero attached hydrogens (tertiary/aromatic N) is 3. The summed E-state index contributed by atoms with van der Waals surface area (Å²) in [5.74, 6) is 0. The van der Waals surface area contributed by atoms with Gasteiger partial charge in [-0.1, -0.05) is 6.92 Å². The molecular weight excluding hydrogens is 278 g/mol. The maximum absolute atomic E-state index is 12.8. The molecule has 0 aliphatic heterocycles. The molecule has 0 amide bonds. The fourth-order valence-electron chi connectivity index (χ4n) is 2.29. The van der Waals surface area contributed by atoms with Crippen LogP contribution < -0.4 is 5.32 Å². The normalized spacial score (nSPS) is 14.2. The first kappa shape index (κ1) is 17.1. The van der Waals surface area contributed by atoms with Gasteiger partial charge in [0.25, 0.3) is 10.0 Å². The Morgan fingerprint density at radius 1 is 1.45 bits per heavy atom.